The first-order valence-corrected chi connectivity index (χ1v) is 8.30. The molecule has 0 aliphatic carbocycles. The Bertz CT molecular complexity index is 261. The van der Waals surface area contributed by atoms with E-state index in [9.17, 15) is 5.11 Å². The number of rotatable bonds is 8. The van der Waals surface area contributed by atoms with Crippen LogP contribution in [0.5, 0.6) is 0 Å². The van der Waals surface area contributed by atoms with E-state index in [1.807, 2.05) is 0 Å². The van der Waals surface area contributed by atoms with Crippen molar-refractivity contribution in [3.05, 3.63) is 0 Å². The summed E-state index contributed by atoms with van der Waals surface area (Å²) in [7, 11) is 0. The van der Waals surface area contributed by atoms with Crippen molar-refractivity contribution in [3.8, 4) is 0 Å². The van der Waals surface area contributed by atoms with E-state index in [4.69, 9.17) is 18.9 Å². The number of aliphatic hydroxyl groups excluding tert-OH is 1. The fourth-order valence-electron chi connectivity index (χ4n) is 3.18. The molecule has 2 saturated heterocycles. The highest BCUT2D eigenvalue weighted by molar-refractivity contribution is 4.74. The first-order chi connectivity index (χ1) is 10.3. The van der Waals surface area contributed by atoms with Crippen LogP contribution in [-0.2, 0) is 18.9 Å². The Hall–Kier alpha value is -0.200. The molecule has 5 heteroatoms. The van der Waals surface area contributed by atoms with Gasteiger partial charge in [0.15, 0.2) is 0 Å². The van der Waals surface area contributed by atoms with Gasteiger partial charge >= 0.3 is 0 Å². The number of ether oxygens (including phenoxy) is 4. The average molecular weight is 302 g/mol. The minimum Gasteiger partial charge on any atom is -0.396 e. The van der Waals surface area contributed by atoms with Crippen molar-refractivity contribution in [1.29, 1.82) is 0 Å². The van der Waals surface area contributed by atoms with Crippen LogP contribution in [-0.4, -0.2) is 63.6 Å². The van der Waals surface area contributed by atoms with Crippen molar-refractivity contribution < 1.29 is 24.1 Å². The van der Waals surface area contributed by atoms with E-state index in [0.29, 0.717) is 31.7 Å². The molecule has 21 heavy (non-hydrogen) atoms. The second kappa shape index (κ2) is 9.74. The molecular weight excluding hydrogens is 272 g/mol. The summed E-state index contributed by atoms with van der Waals surface area (Å²) in [6.07, 6.45) is 4.52. The zero-order chi connectivity index (χ0) is 14.9. The van der Waals surface area contributed by atoms with E-state index in [-0.39, 0.29) is 18.8 Å². The topological polar surface area (TPSA) is 57.2 Å². The van der Waals surface area contributed by atoms with Crippen LogP contribution >= 0.6 is 0 Å². The van der Waals surface area contributed by atoms with Crippen LogP contribution in [0.3, 0.4) is 0 Å². The minimum atomic E-state index is 0.149. The minimum absolute atomic E-state index is 0.149. The number of hydrogen-bond acceptors (Lipinski definition) is 5. The molecule has 0 spiro atoms. The predicted molar refractivity (Wildman–Crippen MR) is 79.3 cm³/mol. The second-order valence-electron chi connectivity index (χ2n) is 6.15. The summed E-state index contributed by atoms with van der Waals surface area (Å²) >= 11 is 0. The summed E-state index contributed by atoms with van der Waals surface area (Å²) in [5.41, 5.74) is 0. The van der Waals surface area contributed by atoms with Crippen LogP contribution in [0.4, 0.5) is 0 Å². The van der Waals surface area contributed by atoms with Gasteiger partial charge in [-0.15, -0.1) is 0 Å². The molecule has 124 valence electrons. The van der Waals surface area contributed by atoms with Crippen LogP contribution in [0.1, 0.15) is 32.6 Å². The Labute approximate surface area is 127 Å². The first-order valence-electron chi connectivity index (χ1n) is 8.30. The van der Waals surface area contributed by atoms with E-state index in [1.165, 1.54) is 0 Å². The van der Waals surface area contributed by atoms with E-state index in [0.717, 1.165) is 45.5 Å². The van der Waals surface area contributed by atoms with E-state index >= 15 is 0 Å². The van der Waals surface area contributed by atoms with Crippen molar-refractivity contribution in [1.82, 2.24) is 0 Å². The zero-order valence-corrected chi connectivity index (χ0v) is 13.2. The van der Waals surface area contributed by atoms with Crippen molar-refractivity contribution >= 4 is 0 Å². The highest BCUT2D eigenvalue weighted by Crippen LogP contribution is 2.25. The summed E-state index contributed by atoms with van der Waals surface area (Å²) in [6.45, 7) is 6.66. The normalized spacial score (nSPS) is 30.0. The molecule has 1 N–H and O–H groups in total. The van der Waals surface area contributed by atoms with Crippen LogP contribution in [0.25, 0.3) is 0 Å². The maximum absolute atomic E-state index is 9.25. The molecule has 0 aromatic carbocycles. The van der Waals surface area contributed by atoms with Crippen LogP contribution in [0.2, 0.25) is 0 Å². The number of hydrogen-bond donors (Lipinski definition) is 1. The molecule has 0 bridgehead atoms. The highest BCUT2D eigenvalue weighted by Gasteiger charge is 2.26. The van der Waals surface area contributed by atoms with Gasteiger partial charge in [-0.1, -0.05) is 13.3 Å². The maximum atomic E-state index is 9.25. The lowest BCUT2D eigenvalue weighted by Gasteiger charge is -2.31. The maximum Gasteiger partial charge on any atom is 0.0838 e. The molecule has 2 heterocycles. The summed E-state index contributed by atoms with van der Waals surface area (Å²) in [5, 5.41) is 9.25. The average Bonchev–Trinajstić information content (AvgIpc) is 2.55. The standard InChI is InChI=1S/C16H30O5/c1-13(15-11-18-7-9-20-15)3-2-4-14(5-6-17)16-12-19-8-10-21-16/h13-17H,2-12H2,1H3. The van der Waals surface area contributed by atoms with Crippen LogP contribution in [0, 0.1) is 11.8 Å². The monoisotopic (exact) mass is 302 g/mol. The summed E-state index contributed by atoms with van der Waals surface area (Å²) in [5.74, 6) is 0.912. The fourth-order valence-corrected chi connectivity index (χ4v) is 3.18. The molecule has 0 saturated carbocycles. The van der Waals surface area contributed by atoms with Gasteiger partial charge in [0.2, 0.25) is 0 Å². The third kappa shape index (κ3) is 5.83. The SMILES string of the molecule is CC(CCCC(CCO)C1COCCO1)C1COCCO1. The molecule has 5 nitrogen and oxygen atoms in total. The van der Waals surface area contributed by atoms with Gasteiger partial charge in [0.1, 0.15) is 0 Å². The van der Waals surface area contributed by atoms with Gasteiger partial charge in [0.05, 0.1) is 51.8 Å². The molecule has 0 aromatic rings. The molecule has 4 atom stereocenters. The molecule has 2 aliphatic heterocycles. The largest absolute Gasteiger partial charge is 0.396 e. The van der Waals surface area contributed by atoms with Crippen LogP contribution < -0.4 is 0 Å². The highest BCUT2D eigenvalue weighted by atomic mass is 16.6. The second-order valence-corrected chi connectivity index (χ2v) is 6.15. The molecule has 0 aromatic heterocycles. The smallest absolute Gasteiger partial charge is 0.0838 e. The van der Waals surface area contributed by atoms with E-state index in [2.05, 4.69) is 6.92 Å². The first kappa shape index (κ1) is 17.2. The predicted octanol–water partition coefficient (Wildman–Crippen LogP) is 1.62. The molecule has 0 radical (unpaired) electrons. The number of aliphatic hydroxyl groups is 1. The fraction of sp³-hybridized carbons (Fsp3) is 1.00. The van der Waals surface area contributed by atoms with Crippen LogP contribution in [0.15, 0.2) is 0 Å². The third-order valence-electron chi connectivity index (χ3n) is 4.58. The molecular formula is C16H30O5. The van der Waals surface area contributed by atoms with Crippen molar-refractivity contribution in [2.24, 2.45) is 11.8 Å². The molecule has 2 fully saturated rings. The van der Waals surface area contributed by atoms with Crippen molar-refractivity contribution in [2.45, 2.75) is 44.8 Å². The Balaban J connectivity index is 1.68. The lowest BCUT2D eigenvalue weighted by atomic mass is 9.89. The molecule has 4 unspecified atom stereocenters. The van der Waals surface area contributed by atoms with Gasteiger partial charge in [-0.25, -0.2) is 0 Å². The molecule has 2 rings (SSSR count). The van der Waals surface area contributed by atoms with Gasteiger partial charge < -0.3 is 24.1 Å². The van der Waals surface area contributed by atoms with Crippen molar-refractivity contribution in [3.63, 3.8) is 0 Å². The zero-order valence-electron chi connectivity index (χ0n) is 13.2. The van der Waals surface area contributed by atoms with E-state index < -0.39 is 0 Å². The van der Waals surface area contributed by atoms with E-state index in [1.54, 1.807) is 0 Å². The molecule has 2 aliphatic rings. The van der Waals surface area contributed by atoms with Gasteiger partial charge in [0, 0.05) is 6.61 Å². The van der Waals surface area contributed by atoms with Gasteiger partial charge in [-0.2, -0.15) is 0 Å². The quantitative estimate of drug-likeness (QED) is 0.738. The van der Waals surface area contributed by atoms with Gasteiger partial charge in [-0.05, 0) is 31.1 Å². The Morgan fingerprint density at radius 3 is 2.14 bits per heavy atom. The van der Waals surface area contributed by atoms with Gasteiger partial charge in [-0.3, -0.25) is 0 Å². The summed E-state index contributed by atoms with van der Waals surface area (Å²) in [6, 6.07) is 0. The Kier molecular flexibility index (Phi) is 7.96. The lowest BCUT2D eigenvalue weighted by molar-refractivity contribution is -0.117. The summed E-state index contributed by atoms with van der Waals surface area (Å²) < 4.78 is 22.5. The lowest BCUT2D eigenvalue weighted by Crippen LogP contribution is -2.36. The van der Waals surface area contributed by atoms with Gasteiger partial charge in [0.25, 0.3) is 0 Å². The van der Waals surface area contributed by atoms with Crippen molar-refractivity contribution in [2.75, 3.05) is 46.2 Å². The summed E-state index contributed by atoms with van der Waals surface area (Å²) in [4.78, 5) is 0. The Morgan fingerprint density at radius 2 is 1.57 bits per heavy atom. The molecule has 0 amide bonds. The Morgan fingerprint density at radius 1 is 0.905 bits per heavy atom. The third-order valence-corrected chi connectivity index (χ3v) is 4.58.